The predicted octanol–water partition coefficient (Wildman–Crippen LogP) is 2.19. The van der Waals surface area contributed by atoms with Crippen LogP contribution in [-0.4, -0.2) is 36.2 Å². The van der Waals surface area contributed by atoms with E-state index in [9.17, 15) is 32.3 Å². The number of aliphatic hydroxyl groups is 1. The number of aliphatic hydroxyl groups excluding tert-OH is 1. The third-order valence-electron chi connectivity index (χ3n) is 3.33. The van der Waals surface area contributed by atoms with E-state index in [-0.39, 0.29) is 0 Å². The van der Waals surface area contributed by atoms with Crippen molar-refractivity contribution < 1.29 is 37.0 Å². The second-order valence-electron chi connectivity index (χ2n) is 5.14. The molecule has 0 aliphatic rings. The molecule has 2 N–H and O–H groups in total. The molecule has 0 spiro atoms. The highest BCUT2D eigenvalue weighted by molar-refractivity contribution is 5.95. The fourth-order valence-corrected chi connectivity index (χ4v) is 2.05. The zero-order valence-corrected chi connectivity index (χ0v) is 13.1. The number of halogens is 4. The average Bonchev–Trinajstić information content (AvgIpc) is 2.58. The van der Waals surface area contributed by atoms with E-state index >= 15 is 0 Å². The Labute approximate surface area is 145 Å². The number of hydrogen-bond donors (Lipinski definition) is 2. The Hall–Kier alpha value is -2.94. The molecule has 2 aromatic rings. The van der Waals surface area contributed by atoms with Crippen molar-refractivity contribution in [2.45, 2.75) is 6.04 Å². The zero-order chi connectivity index (χ0) is 19.3. The number of nitrogens with one attached hydrogen (secondary N) is 1. The Morgan fingerprint density at radius 2 is 1.38 bits per heavy atom. The summed E-state index contributed by atoms with van der Waals surface area (Å²) in [6.45, 7) is -1.43. The van der Waals surface area contributed by atoms with E-state index in [1.54, 1.807) is 0 Å². The van der Waals surface area contributed by atoms with Crippen molar-refractivity contribution in [3.8, 4) is 0 Å². The van der Waals surface area contributed by atoms with E-state index < -0.39 is 65.5 Å². The second-order valence-corrected chi connectivity index (χ2v) is 5.14. The number of carbonyl (C=O) groups is 2. The minimum absolute atomic E-state index is 0.676. The van der Waals surface area contributed by atoms with Gasteiger partial charge in [0.05, 0.1) is 12.6 Å². The third-order valence-corrected chi connectivity index (χ3v) is 3.33. The number of amides is 1. The van der Waals surface area contributed by atoms with Crippen molar-refractivity contribution in [1.29, 1.82) is 0 Å². The van der Waals surface area contributed by atoms with Gasteiger partial charge in [-0.2, -0.15) is 0 Å². The van der Waals surface area contributed by atoms with Crippen molar-refractivity contribution in [3.63, 3.8) is 0 Å². The molecule has 0 aromatic heterocycles. The van der Waals surface area contributed by atoms with Crippen LogP contribution in [0.2, 0.25) is 0 Å². The lowest BCUT2D eigenvalue weighted by atomic mass is 10.1. The van der Waals surface area contributed by atoms with Crippen molar-refractivity contribution >= 4 is 11.9 Å². The molecule has 0 saturated carbocycles. The molecule has 0 saturated heterocycles. The average molecular weight is 371 g/mol. The fourth-order valence-electron chi connectivity index (χ4n) is 2.05. The topological polar surface area (TPSA) is 75.6 Å². The first-order chi connectivity index (χ1) is 12.3. The molecule has 138 valence electrons. The van der Waals surface area contributed by atoms with E-state index in [1.807, 2.05) is 0 Å². The highest BCUT2D eigenvalue weighted by Crippen LogP contribution is 2.14. The molecule has 1 unspecified atom stereocenters. The molecular weight excluding hydrogens is 358 g/mol. The molecule has 0 heterocycles. The van der Waals surface area contributed by atoms with E-state index in [4.69, 9.17) is 0 Å². The number of esters is 1. The summed E-state index contributed by atoms with van der Waals surface area (Å²) in [7, 11) is 0. The highest BCUT2D eigenvalue weighted by Gasteiger charge is 2.23. The molecule has 9 heteroatoms. The summed E-state index contributed by atoms with van der Waals surface area (Å²) in [5.41, 5.74) is -1.81. The monoisotopic (exact) mass is 371 g/mol. The molecule has 5 nitrogen and oxygen atoms in total. The molecule has 0 radical (unpaired) electrons. The van der Waals surface area contributed by atoms with Crippen molar-refractivity contribution in [1.82, 2.24) is 5.32 Å². The van der Waals surface area contributed by atoms with Crippen molar-refractivity contribution in [3.05, 3.63) is 70.8 Å². The van der Waals surface area contributed by atoms with Crippen molar-refractivity contribution in [2.24, 2.45) is 0 Å². The molecule has 1 atom stereocenters. The third kappa shape index (κ3) is 4.37. The van der Waals surface area contributed by atoms with Crippen LogP contribution in [0.4, 0.5) is 17.6 Å². The maximum Gasteiger partial charge on any atom is 0.344 e. The molecule has 2 rings (SSSR count). The fraction of sp³-hybridized carbons (Fsp3) is 0.176. The quantitative estimate of drug-likeness (QED) is 0.603. The van der Waals surface area contributed by atoms with Crippen LogP contribution in [0, 0.1) is 23.3 Å². The van der Waals surface area contributed by atoms with Gasteiger partial charge in [-0.15, -0.1) is 0 Å². The summed E-state index contributed by atoms with van der Waals surface area (Å²) >= 11 is 0. The van der Waals surface area contributed by atoms with Gasteiger partial charge in [-0.3, -0.25) is 4.79 Å². The normalized spacial score (nSPS) is 11.7. The molecule has 2 aromatic carbocycles. The molecule has 0 aliphatic carbocycles. The van der Waals surface area contributed by atoms with E-state index in [0.717, 1.165) is 36.4 Å². The van der Waals surface area contributed by atoms with Gasteiger partial charge in [0.15, 0.2) is 0 Å². The van der Waals surface area contributed by atoms with Crippen molar-refractivity contribution in [2.75, 3.05) is 13.2 Å². The summed E-state index contributed by atoms with van der Waals surface area (Å²) < 4.78 is 58.7. The Morgan fingerprint density at radius 3 is 1.85 bits per heavy atom. The number of rotatable bonds is 6. The van der Waals surface area contributed by atoms with E-state index in [0.29, 0.717) is 0 Å². The van der Waals surface area contributed by atoms with Gasteiger partial charge in [0.1, 0.15) is 41.0 Å². The lowest BCUT2D eigenvalue weighted by molar-refractivity contribution is 0.0408. The van der Waals surface area contributed by atoms with Gasteiger partial charge in [0, 0.05) is 0 Å². The Bertz CT molecular complexity index is 788. The summed E-state index contributed by atoms with van der Waals surface area (Å²) in [6, 6.07) is 4.31. The maximum absolute atomic E-state index is 13.5. The minimum Gasteiger partial charge on any atom is -0.460 e. The Kier molecular flexibility index (Phi) is 6.29. The Balaban J connectivity index is 2.04. The van der Waals surface area contributed by atoms with Gasteiger partial charge in [-0.1, -0.05) is 12.1 Å². The van der Waals surface area contributed by atoms with Crippen LogP contribution < -0.4 is 5.32 Å². The standard InChI is InChI=1S/C17H13F4NO4/c18-10-3-1-4-11(19)14(10)16(24)22-9(7-23)8-26-17(25)15-12(20)5-2-6-13(15)21/h1-6,9,23H,7-8H2,(H,22,24). The summed E-state index contributed by atoms with van der Waals surface area (Å²) in [5.74, 6) is -7.08. The lowest BCUT2D eigenvalue weighted by Gasteiger charge is -2.17. The summed E-state index contributed by atoms with van der Waals surface area (Å²) in [5, 5.41) is 11.3. The summed E-state index contributed by atoms with van der Waals surface area (Å²) in [6.07, 6.45) is 0. The maximum atomic E-state index is 13.5. The van der Waals surface area contributed by atoms with E-state index in [2.05, 4.69) is 10.1 Å². The molecule has 1 amide bonds. The van der Waals surface area contributed by atoms with Crippen LogP contribution in [0.5, 0.6) is 0 Å². The van der Waals surface area contributed by atoms with Crippen LogP contribution in [0.3, 0.4) is 0 Å². The number of hydrogen-bond acceptors (Lipinski definition) is 4. The van der Waals surface area contributed by atoms with Crippen LogP contribution in [0.25, 0.3) is 0 Å². The Morgan fingerprint density at radius 1 is 0.923 bits per heavy atom. The molecular formula is C17H13F4NO4. The highest BCUT2D eigenvalue weighted by atomic mass is 19.1. The van der Waals surface area contributed by atoms with Crippen LogP contribution in [0.15, 0.2) is 36.4 Å². The summed E-state index contributed by atoms with van der Waals surface area (Å²) in [4.78, 5) is 23.7. The van der Waals surface area contributed by atoms with Crippen LogP contribution >= 0.6 is 0 Å². The lowest BCUT2D eigenvalue weighted by Crippen LogP contribution is -2.42. The van der Waals surface area contributed by atoms with Gasteiger partial charge in [0.2, 0.25) is 0 Å². The molecule has 0 aliphatic heterocycles. The van der Waals surface area contributed by atoms with Gasteiger partial charge < -0.3 is 15.2 Å². The second kappa shape index (κ2) is 8.43. The zero-order valence-electron chi connectivity index (χ0n) is 13.1. The first kappa shape index (κ1) is 19.4. The van der Waals surface area contributed by atoms with E-state index in [1.165, 1.54) is 0 Å². The van der Waals surface area contributed by atoms with Gasteiger partial charge >= 0.3 is 5.97 Å². The van der Waals surface area contributed by atoms with Gasteiger partial charge in [0.25, 0.3) is 5.91 Å². The number of benzene rings is 2. The molecule has 0 bridgehead atoms. The largest absolute Gasteiger partial charge is 0.460 e. The minimum atomic E-state index is -1.36. The number of carbonyl (C=O) groups excluding carboxylic acids is 2. The SMILES string of the molecule is O=C(NC(CO)COC(=O)c1c(F)cccc1F)c1c(F)cccc1F. The predicted molar refractivity (Wildman–Crippen MR) is 81.3 cm³/mol. The van der Waals surface area contributed by atoms with Gasteiger partial charge in [-0.25, -0.2) is 22.4 Å². The van der Waals surface area contributed by atoms with Gasteiger partial charge in [-0.05, 0) is 24.3 Å². The number of ether oxygens (including phenoxy) is 1. The molecule has 0 fully saturated rings. The first-order valence-corrected chi connectivity index (χ1v) is 7.32. The smallest absolute Gasteiger partial charge is 0.344 e. The van der Waals surface area contributed by atoms with Crippen LogP contribution in [0.1, 0.15) is 20.7 Å². The first-order valence-electron chi connectivity index (χ1n) is 7.32. The molecule has 26 heavy (non-hydrogen) atoms. The van der Waals surface area contributed by atoms with Crippen LogP contribution in [-0.2, 0) is 4.74 Å².